The first-order valence-corrected chi connectivity index (χ1v) is 18.9. The van der Waals surface area contributed by atoms with Gasteiger partial charge < -0.3 is 4.57 Å². The number of para-hydroxylation sites is 2. The van der Waals surface area contributed by atoms with Gasteiger partial charge in [-0.3, -0.25) is 0 Å². The van der Waals surface area contributed by atoms with Gasteiger partial charge in [0.25, 0.3) is 0 Å². The smallest absolute Gasteiger partial charge is 0.166 e. The number of rotatable bonds is 6. The van der Waals surface area contributed by atoms with Crippen molar-refractivity contribution in [1.29, 1.82) is 0 Å². The van der Waals surface area contributed by atoms with Crippen LogP contribution in [0.15, 0.2) is 194 Å². The molecule has 8 aromatic carbocycles. The van der Waals surface area contributed by atoms with E-state index in [0.717, 1.165) is 53.6 Å². The van der Waals surface area contributed by atoms with Gasteiger partial charge in [0, 0.05) is 47.6 Å². The number of aromatic nitrogens is 4. The highest BCUT2D eigenvalue weighted by Crippen LogP contribution is 2.40. The van der Waals surface area contributed by atoms with E-state index in [9.17, 15) is 2.74 Å². The van der Waals surface area contributed by atoms with Crippen molar-refractivity contribution in [2.45, 2.75) is 0 Å². The minimum atomic E-state index is -0.512. The monoisotopic (exact) mass is 740 g/mol. The molecular formula is C51H32N4S. The van der Waals surface area contributed by atoms with E-state index >= 15 is 0 Å². The SMILES string of the molecule is [2H]c1c([2H])c([2H])c2c(c1[2H])c1c([2H])c([2H])c([2H])c([2H])c1n2-c1cc(-c2ccc3c(c2)sc2ccccc23)ccc1-c1nc(-c2ccccc2)nc(-c2cccc(-c3ccccc3)c2)n1. The van der Waals surface area contributed by atoms with Crippen LogP contribution in [0, 0.1) is 0 Å². The van der Waals surface area contributed by atoms with Crippen LogP contribution in [0.3, 0.4) is 0 Å². The van der Waals surface area contributed by atoms with Crippen LogP contribution in [0.5, 0.6) is 0 Å². The standard InChI is InChI=1S/C51H32N4S/c1-3-14-33(15-4-1)35-18-13-19-38(30-35)50-52-49(34-16-5-2-6-17-34)53-51(54-50)43-29-27-36(37-26-28-42-41-22-9-12-25-47(41)56-48(42)32-37)31-46(43)55-44-23-10-7-20-39(44)40-21-8-11-24-45(40)55/h1-32H/i7D,8D,10D,11D,20D,21D,23D,24D. The lowest BCUT2D eigenvalue weighted by Gasteiger charge is -2.16. The van der Waals surface area contributed by atoms with Crippen molar-refractivity contribution in [2.24, 2.45) is 0 Å². The van der Waals surface area contributed by atoms with E-state index in [0.29, 0.717) is 22.9 Å². The summed E-state index contributed by atoms with van der Waals surface area (Å²) in [6.45, 7) is 0. The molecule has 4 nitrogen and oxygen atoms in total. The molecule has 0 spiro atoms. The van der Waals surface area contributed by atoms with Gasteiger partial charge in [-0.25, -0.2) is 15.0 Å². The molecule has 0 radical (unpaired) electrons. The lowest BCUT2D eigenvalue weighted by atomic mass is 10.00. The molecule has 0 N–H and O–H groups in total. The van der Waals surface area contributed by atoms with Crippen LogP contribution in [0.4, 0.5) is 0 Å². The Morgan fingerprint density at radius 3 is 1.71 bits per heavy atom. The number of benzene rings is 8. The summed E-state index contributed by atoms with van der Waals surface area (Å²) in [5.41, 5.74) is 5.86. The maximum atomic E-state index is 9.35. The Morgan fingerprint density at radius 1 is 0.393 bits per heavy atom. The normalized spacial score (nSPS) is 13.6. The Balaban J connectivity index is 1.25. The fourth-order valence-electron chi connectivity index (χ4n) is 7.46. The molecule has 5 heteroatoms. The number of nitrogens with zero attached hydrogens (tertiary/aromatic N) is 4. The van der Waals surface area contributed by atoms with Gasteiger partial charge in [0.2, 0.25) is 0 Å². The van der Waals surface area contributed by atoms with E-state index in [2.05, 4.69) is 24.3 Å². The second-order valence-electron chi connectivity index (χ2n) is 13.4. The van der Waals surface area contributed by atoms with E-state index in [1.165, 1.54) is 0 Å². The summed E-state index contributed by atoms with van der Waals surface area (Å²) in [6, 6.07) is 44.1. The van der Waals surface area contributed by atoms with E-state index in [1.807, 2.05) is 121 Å². The molecule has 0 aliphatic heterocycles. The van der Waals surface area contributed by atoms with E-state index in [1.54, 1.807) is 15.9 Å². The molecule has 0 unspecified atom stereocenters. The molecule has 3 aromatic heterocycles. The highest BCUT2D eigenvalue weighted by atomic mass is 32.1. The lowest BCUT2D eigenvalue weighted by molar-refractivity contribution is 1.06. The largest absolute Gasteiger partial charge is 0.308 e. The third-order valence-corrected chi connectivity index (χ3v) is 11.3. The third-order valence-electron chi connectivity index (χ3n) is 10.1. The molecule has 0 fully saturated rings. The summed E-state index contributed by atoms with van der Waals surface area (Å²) in [5.74, 6) is 1.02. The van der Waals surface area contributed by atoms with Crippen molar-refractivity contribution in [3.05, 3.63) is 194 Å². The highest BCUT2D eigenvalue weighted by Gasteiger charge is 2.21. The molecule has 0 atom stereocenters. The zero-order valence-corrected chi connectivity index (χ0v) is 30.4. The minimum Gasteiger partial charge on any atom is -0.308 e. The summed E-state index contributed by atoms with van der Waals surface area (Å²) < 4.78 is 75.7. The number of thiophene rings is 1. The van der Waals surface area contributed by atoms with Gasteiger partial charge in [-0.2, -0.15) is 0 Å². The first-order valence-electron chi connectivity index (χ1n) is 22.1. The number of hydrogen-bond donors (Lipinski definition) is 0. The topological polar surface area (TPSA) is 43.6 Å². The van der Waals surface area contributed by atoms with Crippen LogP contribution in [0.25, 0.3) is 104 Å². The fraction of sp³-hybridized carbons (Fsp3) is 0. The summed E-state index contributed by atoms with van der Waals surface area (Å²) in [5, 5.41) is 2.25. The average molecular weight is 741 g/mol. The third kappa shape index (κ3) is 5.48. The predicted molar refractivity (Wildman–Crippen MR) is 234 cm³/mol. The van der Waals surface area contributed by atoms with Gasteiger partial charge in [-0.1, -0.05) is 152 Å². The second kappa shape index (κ2) is 13.3. The van der Waals surface area contributed by atoms with Gasteiger partial charge in [-0.05, 0) is 64.7 Å². The summed E-state index contributed by atoms with van der Waals surface area (Å²) >= 11 is 1.69. The maximum absolute atomic E-state index is 9.35. The second-order valence-corrected chi connectivity index (χ2v) is 14.5. The van der Waals surface area contributed by atoms with E-state index in [-0.39, 0.29) is 27.6 Å². The van der Waals surface area contributed by atoms with Gasteiger partial charge in [0.15, 0.2) is 17.5 Å². The van der Waals surface area contributed by atoms with Crippen molar-refractivity contribution >= 4 is 53.3 Å². The molecule has 0 bridgehead atoms. The first kappa shape index (κ1) is 25.0. The van der Waals surface area contributed by atoms with Crippen molar-refractivity contribution in [1.82, 2.24) is 19.5 Å². The van der Waals surface area contributed by atoms with Gasteiger partial charge >= 0.3 is 0 Å². The lowest BCUT2D eigenvalue weighted by Crippen LogP contribution is -2.04. The maximum Gasteiger partial charge on any atom is 0.166 e. The molecule has 11 aromatic rings. The van der Waals surface area contributed by atoms with Crippen molar-refractivity contribution in [2.75, 3.05) is 0 Å². The Hall–Kier alpha value is -7.21. The van der Waals surface area contributed by atoms with Gasteiger partial charge in [0.1, 0.15) is 0 Å². The minimum absolute atomic E-state index is 0.000479. The van der Waals surface area contributed by atoms with Gasteiger partial charge in [0.05, 0.1) is 27.7 Å². The highest BCUT2D eigenvalue weighted by molar-refractivity contribution is 7.25. The Bertz CT molecular complexity index is 3640. The quantitative estimate of drug-likeness (QED) is 0.170. The van der Waals surface area contributed by atoms with Crippen LogP contribution in [0.2, 0.25) is 0 Å². The fourth-order valence-corrected chi connectivity index (χ4v) is 8.61. The molecule has 0 amide bonds. The molecule has 56 heavy (non-hydrogen) atoms. The molecule has 0 saturated heterocycles. The van der Waals surface area contributed by atoms with E-state index < -0.39 is 48.3 Å². The zero-order valence-electron chi connectivity index (χ0n) is 37.6. The molecule has 0 aliphatic carbocycles. The predicted octanol–water partition coefficient (Wildman–Crippen LogP) is 13.7. The summed E-state index contributed by atoms with van der Waals surface area (Å²) in [6.07, 6.45) is 0. The van der Waals surface area contributed by atoms with E-state index in [4.69, 9.17) is 23.2 Å². The van der Waals surface area contributed by atoms with Crippen LogP contribution in [-0.2, 0) is 0 Å². The number of fused-ring (bicyclic) bond motifs is 6. The molecule has 0 saturated carbocycles. The Kier molecular flexibility index (Phi) is 5.92. The van der Waals surface area contributed by atoms with Crippen molar-refractivity contribution in [3.8, 4) is 62.1 Å². The van der Waals surface area contributed by atoms with Crippen molar-refractivity contribution in [3.63, 3.8) is 0 Å². The van der Waals surface area contributed by atoms with Crippen LogP contribution >= 0.6 is 11.3 Å². The molecule has 262 valence electrons. The Labute approximate surface area is 338 Å². The molecular weight excluding hydrogens is 701 g/mol. The molecule has 11 rings (SSSR count). The van der Waals surface area contributed by atoms with Crippen LogP contribution in [0.1, 0.15) is 11.0 Å². The van der Waals surface area contributed by atoms with Crippen LogP contribution in [-0.4, -0.2) is 19.5 Å². The summed E-state index contributed by atoms with van der Waals surface area (Å²) in [7, 11) is 0. The van der Waals surface area contributed by atoms with Gasteiger partial charge in [-0.15, -0.1) is 11.3 Å². The average Bonchev–Trinajstić information content (AvgIpc) is 3.91. The zero-order chi connectivity index (χ0) is 44.0. The Morgan fingerprint density at radius 2 is 0.946 bits per heavy atom. The van der Waals surface area contributed by atoms with Crippen LogP contribution < -0.4 is 0 Å². The first-order chi connectivity index (χ1) is 31.1. The number of hydrogen-bond acceptors (Lipinski definition) is 4. The molecule has 0 aliphatic rings. The molecule has 3 heterocycles. The summed E-state index contributed by atoms with van der Waals surface area (Å²) in [4.78, 5) is 15.2. The van der Waals surface area contributed by atoms with Crippen molar-refractivity contribution < 1.29 is 11.0 Å².